The topological polar surface area (TPSA) is 54.4 Å². The molecule has 0 aromatic heterocycles. The average molecular weight is 260 g/mol. The quantitative estimate of drug-likeness (QED) is 0.668. The fraction of sp³-hybridized carbons (Fsp3) is 0.333. The summed E-state index contributed by atoms with van der Waals surface area (Å²) in [4.78, 5) is 22.5. The van der Waals surface area contributed by atoms with Gasteiger partial charge in [0.25, 0.3) is 0 Å². The van der Waals surface area contributed by atoms with E-state index in [1.807, 2.05) is 0 Å². The minimum absolute atomic E-state index is 0.0303. The van der Waals surface area contributed by atoms with E-state index in [4.69, 9.17) is 5.11 Å². The summed E-state index contributed by atoms with van der Waals surface area (Å²) in [6.45, 7) is 1.53. The van der Waals surface area contributed by atoms with Crippen LogP contribution in [0.4, 0.5) is 13.2 Å². The third-order valence-corrected chi connectivity index (χ3v) is 2.52. The second-order valence-electron chi connectivity index (χ2n) is 3.74. The Bertz CT molecular complexity index is 449. The van der Waals surface area contributed by atoms with Gasteiger partial charge in [-0.1, -0.05) is 19.1 Å². The molecule has 6 heteroatoms. The summed E-state index contributed by atoms with van der Waals surface area (Å²) in [5.74, 6) is -3.18. The molecule has 3 nitrogen and oxygen atoms in total. The minimum atomic E-state index is -4.47. The first kappa shape index (κ1) is 14.2. The molecule has 1 aromatic rings. The minimum Gasteiger partial charge on any atom is -0.481 e. The molecule has 0 saturated heterocycles. The first-order valence-corrected chi connectivity index (χ1v) is 5.21. The molecule has 0 spiro atoms. The van der Waals surface area contributed by atoms with E-state index in [2.05, 4.69) is 0 Å². The van der Waals surface area contributed by atoms with Crippen molar-refractivity contribution < 1.29 is 27.9 Å². The van der Waals surface area contributed by atoms with Crippen LogP contribution < -0.4 is 0 Å². The van der Waals surface area contributed by atoms with Crippen molar-refractivity contribution in [1.29, 1.82) is 0 Å². The lowest BCUT2D eigenvalue weighted by Gasteiger charge is -2.10. The summed E-state index contributed by atoms with van der Waals surface area (Å²) in [5, 5.41) is 8.79. The van der Waals surface area contributed by atoms with E-state index in [0.29, 0.717) is 0 Å². The van der Waals surface area contributed by atoms with Crippen molar-refractivity contribution in [3.8, 4) is 0 Å². The molecule has 1 atom stereocenters. The lowest BCUT2D eigenvalue weighted by molar-refractivity contribution is -0.140. The van der Waals surface area contributed by atoms with Crippen molar-refractivity contribution in [2.75, 3.05) is 0 Å². The lowest BCUT2D eigenvalue weighted by Crippen LogP contribution is -2.23. The Morgan fingerprint density at radius 2 is 1.72 bits per heavy atom. The maximum Gasteiger partial charge on any atom is 0.416 e. The van der Waals surface area contributed by atoms with Crippen LogP contribution in [0, 0.1) is 5.92 Å². The van der Waals surface area contributed by atoms with Crippen LogP contribution in [0.15, 0.2) is 24.3 Å². The fourth-order valence-corrected chi connectivity index (χ4v) is 1.50. The highest BCUT2D eigenvalue weighted by molar-refractivity contribution is 6.08. The van der Waals surface area contributed by atoms with Crippen molar-refractivity contribution >= 4 is 11.8 Å². The third kappa shape index (κ3) is 3.09. The van der Waals surface area contributed by atoms with Gasteiger partial charge in [-0.25, -0.2) is 0 Å². The van der Waals surface area contributed by atoms with Crippen LogP contribution in [0.25, 0.3) is 0 Å². The van der Waals surface area contributed by atoms with Crippen molar-refractivity contribution in [1.82, 2.24) is 0 Å². The van der Waals surface area contributed by atoms with E-state index in [0.717, 1.165) is 24.3 Å². The summed E-state index contributed by atoms with van der Waals surface area (Å²) in [6, 6.07) is 3.52. The molecule has 0 heterocycles. The predicted octanol–water partition coefficient (Wildman–Crippen LogP) is 3.00. The molecule has 18 heavy (non-hydrogen) atoms. The molecule has 0 saturated carbocycles. The van der Waals surface area contributed by atoms with Crippen LogP contribution in [0.2, 0.25) is 0 Å². The van der Waals surface area contributed by atoms with E-state index in [9.17, 15) is 22.8 Å². The molecule has 0 aliphatic heterocycles. The van der Waals surface area contributed by atoms with Crippen molar-refractivity contribution in [2.45, 2.75) is 19.5 Å². The standard InChI is InChI=1S/C12H11F3O3/c1-2-9(11(17)18)10(16)7-3-5-8(6-4-7)12(13,14)15/h3-6,9H,2H2,1H3,(H,17,18). The Hall–Kier alpha value is -1.85. The Balaban J connectivity index is 2.99. The van der Waals surface area contributed by atoms with Crippen LogP contribution in [-0.2, 0) is 11.0 Å². The van der Waals surface area contributed by atoms with Gasteiger partial charge in [0.1, 0.15) is 5.92 Å². The number of halogens is 3. The molecule has 0 amide bonds. The molecule has 0 aliphatic rings. The maximum absolute atomic E-state index is 12.3. The zero-order valence-electron chi connectivity index (χ0n) is 9.49. The molecule has 1 unspecified atom stereocenters. The van der Waals surface area contributed by atoms with E-state index in [1.165, 1.54) is 6.92 Å². The summed E-state index contributed by atoms with van der Waals surface area (Å²) < 4.78 is 36.9. The normalized spacial score (nSPS) is 13.1. The molecule has 0 bridgehead atoms. The van der Waals surface area contributed by atoms with E-state index >= 15 is 0 Å². The second kappa shape index (κ2) is 5.20. The molecular formula is C12H11F3O3. The van der Waals surface area contributed by atoms with Gasteiger partial charge in [-0.05, 0) is 18.6 Å². The molecule has 0 aliphatic carbocycles. The molecule has 1 rings (SSSR count). The SMILES string of the molecule is CCC(C(=O)O)C(=O)c1ccc(C(F)(F)F)cc1. The summed E-state index contributed by atoms with van der Waals surface area (Å²) in [5.41, 5.74) is -0.903. The van der Waals surface area contributed by atoms with Crippen molar-refractivity contribution in [3.05, 3.63) is 35.4 Å². The van der Waals surface area contributed by atoms with Gasteiger partial charge in [-0.3, -0.25) is 9.59 Å². The monoisotopic (exact) mass is 260 g/mol. The summed E-state index contributed by atoms with van der Waals surface area (Å²) in [7, 11) is 0. The van der Waals surface area contributed by atoms with Gasteiger partial charge < -0.3 is 5.11 Å². The highest BCUT2D eigenvalue weighted by Gasteiger charge is 2.31. The number of rotatable bonds is 4. The molecule has 98 valence electrons. The van der Waals surface area contributed by atoms with Crippen LogP contribution in [0.1, 0.15) is 29.3 Å². The van der Waals surface area contributed by atoms with Crippen LogP contribution in [0.5, 0.6) is 0 Å². The van der Waals surface area contributed by atoms with Crippen LogP contribution in [-0.4, -0.2) is 16.9 Å². The lowest BCUT2D eigenvalue weighted by atomic mass is 9.95. The molecule has 1 aromatic carbocycles. The average Bonchev–Trinajstić information content (AvgIpc) is 2.28. The number of aliphatic carboxylic acids is 1. The predicted molar refractivity (Wildman–Crippen MR) is 57.2 cm³/mol. The zero-order chi connectivity index (χ0) is 13.9. The molecule has 1 N–H and O–H groups in total. The van der Waals surface area contributed by atoms with Crippen molar-refractivity contribution in [2.24, 2.45) is 5.92 Å². The Labute approximate surface area is 101 Å². The van der Waals surface area contributed by atoms with E-state index in [1.54, 1.807) is 0 Å². The molecule has 0 fully saturated rings. The molecular weight excluding hydrogens is 249 g/mol. The van der Waals surface area contributed by atoms with Gasteiger partial charge in [-0.2, -0.15) is 13.2 Å². The van der Waals surface area contributed by atoms with Crippen LogP contribution in [0.3, 0.4) is 0 Å². The van der Waals surface area contributed by atoms with Gasteiger partial charge in [0.05, 0.1) is 5.56 Å². The number of hydrogen-bond donors (Lipinski definition) is 1. The number of ketones is 1. The highest BCUT2D eigenvalue weighted by atomic mass is 19.4. The number of benzene rings is 1. The third-order valence-electron chi connectivity index (χ3n) is 2.52. The van der Waals surface area contributed by atoms with Gasteiger partial charge in [-0.15, -0.1) is 0 Å². The zero-order valence-corrected chi connectivity index (χ0v) is 9.49. The number of carbonyl (C=O) groups is 2. The Morgan fingerprint density at radius 1 is 1.22 bits per heavy atom. The number of carboxylic acid groups (broad SMARTS) is 1. The fourth-order valence-electron chi connectivity index (χ4n) is 1.50. The number of carbonyl (C=O) groups excluding carboxylic acids is 1. The van der Waals surface area contributed by atoms with Gasteiger partial charge >= 0.3 is 12.1 Å². The Morgan fingerprint density at radius 3 is 2.06 bits per heavy atom. The molecule has 0 radical (unpaired) electrons. The summed E-state index contributed by atoms with van der Waals surface area (Å²) >= 11 is 0. The van der Waals surface area contributed by atoms with Gasteiger partial charge in [0.2, 0.25) is 0 Å². The van der Waals surface area contributed by atoms with Gasteiger partial charge in [0.15, 0.2) is 5.78 Å². The highest BCUT2D eigenvalue weighted by Crippen LogP contribution is 2.29. The smallest absolute Gasteiger partial charge is 0.416 e. The Kier molecular flexibility index (Phi) is 4.11. The summed E-state index contributed by atoms with van der Waals surface area (Å²) in [6.07, 6.45) is -4.38. The van der Waals surface area contributed by atoms with E-state index < -0.39 is 29.4 Å². The largest absolute Gasteiger partial charge is 0.481 e. The number of Topliss-reactive ketones (excluding diaryl/α,β-unsaturated/α-hetero) is 1. The maximum atomic E-state index is 12.3. The van der Waals surface area contributed by atoms with E-state index in [-0.39, 0.29) is 12.0 Å². The first-order chi connectivity index (χ1) is 8.27. The number of carboxylic acids is 1. The second-order valence-corrected chi connectivity index (χ2v) is 3.74. The van der Waals surface area contributed by atoms with Crippen molar-refractivity contribution in [3.63, 3.8) is 0 Å². The number of hydrogen-bond acceptors (Lipinski definition) is 2. The first-order valence-electron chi connectivity index (χ1n) is 5.21. The number of alkyl halides is 3. The van der Waals surface area contributed by atoms with Crippen LogP contribution >= 0.6 is 0 Å². The van der Waals surface area contributed by atoms with Gasteiger partial charge in [0, 0.05) is 5.56 Å².